The van der Waals surface area contributed by atoms with Crippen LogP contribution in [0.3, 0.4) is 0 Å². The van der Waals surface area contributed by atoms with Crippen molar-refractivity contribution in [1.82, 2.24) is 0 Å². The molecule has 0 aromatic heterocycles. The molecule has 1 saturated carbocycles. The molecule has 3 aliphatic rings. The van der Waals surface area contributed by atoms with Gasteiger partial charge in [-0.2, -0.15) is 0 Å². The van der Waals surface area contributed by atoms with Crippen molar-refractivity contribution < 1.29 is 14.3 Å². The van der Waals surface area contributed by atoms with Crippen molar-refractivity contribution in [1.29, 1.82) is 0 Å². The molecule has 126 valence electrons. The third-order valence-electron chi connectivity index (χ3n) is 7.21. The van der Waals surface area contributed by atoms with Crippen molar-refractivity contribution in [2.24, 2.45) is 22.7 Å². The molecule has 1 heterocycles. The largest absolute Gasteiger partial charge is 0.455 e. The van der Waals surface area contributed by atoms with Crippen LogP contribution in [0.15, 0.2) is 23.3 Å². The molecule has 0 saturated heterocycles. The van der Waals surface area contributed by atoms with Gasteiger partial charge in [0.25, 0.3) is 0 Å². The fourth-order valence-electron chi connectivity index (χ4n) is 5.18. The summed E-state index contributed by atoms with van der Waals surface area (Å²) in [5.74, 6) is 0.869. The van der Waals surface area contributed by atoms with E-state index in [1.54, 1.807) is 6.08 Å². The predicted molar refractivity (Wildman–Crippen MR) is 89.7 cm³/mol. The van der Waals surface area contributed by atoms with E-state index in [9.17, 15) is 9.59 Å². The van der Waals surface area contributed by atoms with E-state index in [4.69, 9.17) is 4.74 Å². The number of carbonyl (C=O) groups excluding carboxylic acids is 2. The third-order valence-corrected chi connectivity index (χ3v) is 7.21. The van der Waals surface area contributed by atoms with Gasteiger partial charge in [0.1, 0.15) is 6.10 Å². The van der Waals surface area contributed by atoms with Crippen LogP contribution in [0, 0.1) is 22.7 Å². The maximum atomic E-state index is 12.2. The van der Waals surface area contributed by atoms with Crippen molar-refractivity contribution >= 4 is 11.8 Å². The Morgan fingerprint density at radius 3 is 2.52 bits per heavy atom. The Balaban J connectivity index is 1.95. The quantitative estimate of drug-likeness (QED) is 0.716. The predicted octanol–water partition coefficient (Wildman–Crippen LogP) is 4.23. The summed E-state index contributed by atoms with van der Waals surface area (Å²) < 4.78 is 5.53. The molecule has 0 unspecified atom stereocenters. The Hall–Kier alpha value is -1.38. The molecule has 3 nitrogen and oxygen atoms in total. The van der Waals surface area contributed by atoms with Crippen LogP contribution in [0.4, 0.5) is 0 Å². The van der Waals surface area contributed by atoms with Crippen molar-refractivity contribution in [3.63, 3.8) is 0 Å². The highest BCUT2D eigenvalue weighted by atomic mass is 16.5. The van der Waals surface area contributed by atoms with Crippen LogP contribution in [-0.4, -0.2) is 17.9 Å². The summed E-state index contributed by atoms with van der Waals surface area (Å²) in [5.41, 5.74) is 2.34. The van der Waals surface area contributed by atoms with Gasteiger partial charge in [0.15, 0.2) is 5.78 Å². The first-order chi connectivity index (χ1) is 10.7. The van der Waals surface area contributed by atoms with E-state index in [1.807, 2.05) is 13.0 Å². The Labute approximate surface area is 139 Å². The summed E-state index contributed by atoms with van der Waals surface area (Å²) in [6, 6.07) is 0. The zero-order valence-electron chi connectivity index (χ0n) is 14.9. The van der Waals surface area contributed by atoms with E-state index >= 15 is 0 Å². The van der Waals surface area contributed by atoms with Gasteiger partial charge < -0.3 is 4.74 Å². The van der Waals surface area contributed by atoms with E-state index < -0.39 is 0 Å². The van der Waals surface area contributed by atoms with Crippen LogP contribution in [-0.2, 0) is 14.3 Å². The number of esters is 1. The van der Waals surface area contributed by atoms with Crippen molar-refractivity contribution in [2.45, 2.75) is 66.4 Å². The molecule has 0 N–H and O–H groups in total. The van der Waals surface area contributed by atoms with E-state index in [0.717, 1.165) is 24.8 Å². The number of fused-ring (bicyclic) bond motifs is 1. The normalized spacial score (nSPS) is 43.6. The summed E-state index contributed by atoms with van der Waals surface area (Å²) in [6.07, 6.45) is 7.08. The Morgan fingerprint density at radius 1 is 1.22 bits per heavy atom. The summed E-state index contributed by atoms with van der Waals surface area (Å²) in [5, 5.41) is 0. The van der Waals surface area contributed by atoms with Gasteiger partial charge in [0.2, 0.25) is 0 Å². The molecule has 23 heavy (non-hydrogen) atoms. The number of carbonyl (C=O) groups is 2. The summed E-state index contributed by atoms with van der Waals surface area (Å²) in [6.45, 7) is 11.0. The maximum absolute atomic E-state index is 12.2. The standard InChI is InChI=1S/C20H28O3/c1-12-8-18(22)23-16(12)11-20(5)13(2)6-7-19(4)14(3)9-15(21)10-17(19)20/h8-9,13,16-17H,6-7,10-11H2,1-5H3/t13-,16-,17+,19+,20+/m1/s1. The van der Waals surface area contributed by atoms with Crippen molar-refractivity contribution in [3.05, 3.63) is 23.3 Å². The molecular formula is C20H28O3. The first-order valence-corrected chi connectivity index (χ1v) is 8.77. The molecule has 0 amide bonds. The van der Waals surface area contributed by atoms with Crippen LogP contribution in [0.5, 0.6) is 0 Å². The van der Waals surface area contributed by atoms with Crippen LogP contribution in [0.2, 0.25) is 0 Å². The second-order valence-electron chi connectivity index (χ2n) is 8.43. The lowest BCUT2D eigenvalue weighted by molar-refractivity contribution is -0.143. The molecule has 2 aliphatic carbocycles. The molecule has 0 bridgehead atoms. The van der Waals surface area contributed by atoms with Crippen LogP contribution < -0.4 is 0 Å². The molecule has 5 atom stereocenters. The minimum atomic E-state index is -0.224. The van der Waals surface area contributed by atoms with Gasteiger partial charge in [-0.1, -0.05) is 26.3 Å². The monoisotopic (exact) mass is 316 g/mol. The minimum absolute atomic E-state index is 0.00255. The highest BCUT2D eigenvalue weighted by molar-refractivity contribution is 5.92. The Morgan fingerprint density at radius 2 is 1.91 bits per heavy atom. The minimum Gasteiger partial charge on any atom is -0.455 e. The van der Waals surface area contributed by atoms with Gasteiger partial charge >= 0.3 is 5.97 Å². The first kappa shape index (κ1) is 16.5. The smallest absolute Gasteiger partial charge is 0.331 e. The maximum Gasteiger partial charge on any atom is 0.331 e. The average Bonchev–Trinajstić information content (AvgIpc) is 2.76. The average molecular weight is 316 g/mol. The summed E-state index contributed by atoms with van der Waals surface area (Å²) >= 11 is 0. The van der Waals surface area contributed by atoms with Crippen LogP contribution in [0.1, 0.15) is 60.3 Å². The van der Waals surface area contributed by atoms with Crippen LogP contribution in [0.25, 0.3) is 0 Å². The van der Waals surface area contributed by atoms with E-state index in [2.05, 4.69) is 27.7 Å². The Kier molecular flexibility index (Phi) is 3.81. The van der Waals surface area contributed by atoms with Gasteiger partial charge in [0, 0.05) is 12.5 Å². The molecule has 3 heteroatoms. The second kappa shape index (κ2) is 5.32. The first-order valence-electron chi connectivity index (χ1n) is 8.77. The zero-order chi connectivity index (χ0) is 17.0. The number of hydrogen-bond donors (Lipinski definition) is 0. The fourth-order valence-corrected chi connectivity index (χ4v) is 5.18. The number of cyclic esters (lactones) is 1. The lowest BCUT2D eigenvalue weighted by Crippen LogP contribution is -2.52. The summed E-state index contributed by atoms with van der Waals surface area (Å²) in [7, 11) is 0. The number of ketones is 1. The molecule has 0 aromatic rings. The Bertz CT molecular complexity index is 614. The third kappa shape index (κ3) is 2.49. The fraction of sp³-hybridized carbons (Fsp3) is 0.700. The molecular weight excluding hydrogens is 288 g/mol. The summed E-state index contributed by atoms with van der Waals surface area (Å²) in [4.78, 5) is 23.8. The highest BCUT2D eigenvalue weighted by Gasteiger charge is 2.55. The molecule has 0 radical (unpaired) electrons. The van der Waals surface area contributed by atoms with E-state index in [1.165, 1.54) is 5.57 Å². The lowest BCUT2D eigenvalue weighted by Gasteiger charge is -2.58. The topological polar surface area (TPSA) is 43.4 Å². The number of hydrogen-bond acceptors (Lipinski definition) is 3. The molecule has 3 rings (SSSR count). The highest BCUT2D eigenvalue weighted by Crippen LogP contribution is 2.61. The second-order valence-corrected chi connectivity index (χ2v) is 8.43. The number of ether oxygens (including phenoxy) is 1. The van der Waals surface area contributed by atoms with Gasteiger partial charge in [-0.25, -0.2) is 4.79 Å². The zero-order valence-corrected chi connectivity index (χ0v) is 14.9. The number of allylic oxidation sites excluding steroid dienone is 2. The molecule has 1 fully saturated rings. The SMILES string of the molecule is CC1=CC(=O)O[C@@H]1C[C@@]1(C)[C@H](C)CC[C@@]2(C)C(C)=CC(=O)C[C@H]12. The van der Waals surface area contributed by atoms with E-state index in [0.29, 0.717) is 18.3 Å². The molecule has 1 aliphatic heterocycles. The van der Waals surface area contributed by atoms with Crippen molar-refractivity contribution in [3.8, 4) is 0 Å². The molecule has 0 aromatic carbocycles. The van der Waals surface area contributed by atoms with Gasteiger partial charge in [-0.3, -0.25) is 4.79 Å². The van der Waals surface area contributed by atoms with Gasteiger partial charge in [0.05, 0.1) is 0 Å². The van der Waals surface area contributed by atoms with Gasteiger partial charge in [-0.15, -0.1) is 0 Å². The molecule has 0 spiro atoms. The van der Waals surface area contributed by atoms with Crippen LogP contribution >= 0.6 is 0 Å². The van der Waals surface area contributed by atoms with Gasteiger partial charge in [-0.05, 0) is 67.4 Å². The lowest BCUT2D eigenvalue weighted by atomic mass is 9.46. The van der Waals surface area contributed by atoms with E-state index in [-0.39, 0.29) is 28.7 Å². The number of rotatable bonds is 2. The van der Waals surface area contributed by atoms with Crippen molar-refractivity contribution in [2.75, 3.05) is 0 Å².